The van der Waals surface area contributed by atoms with E-state index in [2.05, 4.69) is 5.32 Å². The largest absolute Gasteiger partial charge is 0.388 e. The van der Waals surface area contributed by atoms with Crippen LogP contribution in [-0.4, -0.2) is 20.6 Å². The Bertz CT molecular complexity index is 299. The fraction of sp³-hybridized carbons (Fsp3) is 0.300. The zero-order valence-corrected chi connectivity index (χ0v) is 8.00. The van der Waals surface area contributed by atoms with Gasteiger partial charge in [0, 0.05) is 19.2 Å². The van der Waals surface area contributed by atoms with Crippen LogP contribution in [0.2, 0.25) is 6.82 Å². The van der Waals surface area contributed by atoms with Gasteiger partial charge in [0.15, 0.2) is 7.28 Å². The Hall–Kier alpha value is -1.25. The van der Waals surface area contributed by atoms with Gasteiger partial charge in [-0.05, 0) is 5.56 Å². The third-order valence-electron chi connectivity index (χ3n) is 2.05. The summed E-state index contributed by atoms with van der Waals surface area (Å²) in [6.07, 6.45) is 1.40. The van der Waals surface area contributed by atoms with Gasteiger partial charge < -0.3 is 10.1 Å². The number of nitrogens with one attached hydrogen (secondary N) is 1. The van der Waals surface area contributed by atoms with Gasteiger partial charge in [0.25, 0.3) is 0 Å². The highest BCUT2D eigenvalue weighted by molar-refractivity contribution is 6.54. The molecule has 0 heterocycles. The highest BCUT2D eigenvalue weighted by atomic mass is 16.1. The lowest BCUT2D eigenvalue weighted by Gasteiger charge is -2.11. The van der Waals surface area contributed by atoms with E-state index in [-0.39, 0.29) is 0 Å². The Morgan fingerprint density at radius 3 is 2.85 bits per heavy atom. The molecule has 0 aromatic heterocycles. The third kappa shape index (κ3) is 2.11. The number of rotatable bonds is 4. The van der Waals surface area contributed by atoms with Crippen LogP contribution in [0, 0.1) is 0 Å². The molecule has 1 rings (SSSR count). The van der Waals surface area contributed by atoms with Crippen LogP contribution in [0.1, 0.15) is 5.56 Å². The van der Waals surface area contributed by atoms with Gasteiger partial charge in [-0.25, -0.2) is 0 Å². The summed E-state index contributed by atoms with van der Waals surface area (Å²) in [4.78, 5) is 10.4. The molecule has 13 heavy (non-hydrogen) atoms. The van der Waals surface area contributed by atoms with Gasteiger partial charge in [0.05, 0.1) is 0 Å². The first-order valence-electron chi connectivity index (χ1n) is 4.36. The monoisotopic (exact) mass is 174 g/mol. The highest BCUT2D eigenvalue weighted by Gasteiger charge is 2.04. The molecule has 1 aromatic rings. The van der Waals surface area contributed by atoms with E-state index in [1.165, 1.54) is 0 Å². The summed E-state index contributed by atoms with van der Waals surface area (Å²) in [5, 5.41) is 3.11. The SMILES string of the molecule is C[B]c1cccc(CC=O)c1NC. The Kier molecular flexibility index (Phi) is 3.56. The van der Waals surface area contributed by atoms with E-state index in [9.17, 15) is 4.79 Å². The van der Waals surface area contributed by atoms with Crippen molar-refractivity contribution in [1.29, 1.82) is 0 Å². The van der Waals surface area contributed by atoms with E-state index in [4.69, 9.17) is 0 Å². The maximum absolute atomic E-state index is 10.4. The number of aldehydes is 1. The van der Waals surface area contributed by atoms with Crippen LogP contribution in [0.25, 0.3) is 0 Å². The minimum absolute atomic E-state index is 0.470. The lowest BCUT2D eigenvalue weighted by Crippen LogP contribution is -2.17. The smallest absolute Gasteiger partial charge is 0.151 e. The van der Waals surface area contributed by atoms with Crippen molar-refractivity contribution in [2.75, 3.05) is 12.4 Å². The van der Waals surface area contributed by atoms with Gasteiger partial charge in [-0.1, -0.05) is 30.5 Å². The van der Waals surface area contributed by atoms with Crippen LogP contribution in [-0.2, 0) is 11.2 Å². The molecule has 0 bridgehead atoms. The average molecular weight is 174 g/mol. The maximum Gasteiger partial charge on any atom is 0.151 e. The van der Waals surface area contributed by atoms with Crippen LogP contribution in [0.5, 0.6) is 0 Å². The summed E-state index contributed by atoms with van der Waals surface area (Å²) in [5.74, 6) is 0. The van der Waals surface area contributed by atoms with Gasteiger partial charge in [-0.2, -0.15) is 0 Å². The van der Waals surface area contributed by atoms with Gasteiger partial charge in [0.2, 0.25) is 0 Å². The Labute approximate surface area is 79.6 Å². The first-order valence-corrected chi connectivity index (χ1v) is 4.36. The van der Waals surface area contributed by atoms with E-state index < -0.39 is 0 Å². The van der Waals surface area contributed by atoms with Crippen molar-refractivity contribution < 1.29 is 4.79 Å². The summed E-state index contributed by atoms with van der Waals surface area (Å²) in [7, 11) is 3.90. The molecule has 0 amide bonds. The molecule has 0 saturated heterocycles. The standard InChI is InChI=1S/C10H13BNO/c1-11-9-5-3-4-8(6-7-13)10(9)12-2/h3-5,7,12H,6H2,1-2H3. The molecule has 0 unspecified atom stereocenters. The van der Waals surface area contributed by atoms with Crippen LogP contribution < -0.4 is 10.8 Å². The molecule has 0 atom stereocenters. The second-order valence-electron chi connectivity index (χ2n) is 2.79. The van der Waals surface area contributed by atoms with E-state index in [1.807, 2.05) is 39.3 Å². The van der Waals surface area contributed by atoms with Crippen molar-refractivity contribution in [3.63, 3.8) is 0 Å². The van der Waals surface area contributed by atoms with E-state index in [1.54, 1.807) is 0 Å². The molecule has 67 valence electrons. The fourth-order valence-corrected chi connectivity index (χ4v) is 1.43. The van der Waals surface area contributed by atoms with Crippen molar-refractivity contribution in [2.24, 2.45) is 0 Å². The number of benzene rings is 1. The quantitative estimate of drug-likeness (QED) is 0.541. The van der Waals surface area contributed by atoms with Gasteiger partial charge in [-0.3, -0.25) is 0 Å². The topological polar surface area (TPSA) is 29.1 Å². The van der Waals surface area contributed by atoms with E-state index >= 15 is 0 Å². The molecule has 0 fully saturated rings. The molecule has 1 radical (unpaired) electrons. The molecule has 1 N–H and O–H groups in total. The third-order valence-corrected chi connectivity index (χ3v) is 2.05. The first kappa shape index (κ1) is 9.84. The van der Waals surface area contributed by atoms with Crippen molar-refractivity contribution >= 4 is 24.7 Å². The lowest BCUT2D eigenvalue weighted by molar-refractivity contribution is -0.107. The minimum Gasteiger partial charge on any atom is -0.388 e. The second kappa shape index (κ2) is 4.70. The average Bonchev–Trinajstić information content (AvgIpc) is 2.18. The predicted molar refractivity (Wildman–Crippen MR) is 57.0 cm³/mol. The molecule has 0 saturated carbocycles. The number of para-hydroxylation sites is 1. The molecule has 1 aromatic carbocycles. The van der Waals surface area contributed by atoms with Crippen LogP contribution in [0.4, 0.5) is 5.69 Å². The van der Waals surface area contributed by atoms with Gasteiger partial charge in [-0.15, -0.1) is 0 Å². The maximum atomic E-state index is 10.4. The minimum atomic E-state index is 0.470. The second-order valence-corrected chi connectivity index (χ2v) is 2.79. The Morgan fingerprint density at radius 1 is 1.54 bits per heavy atom. The first-order chi connectivity index (χ1) is 6.33. The van der Waals surface area contributed by atoms with Crippen molar-refractivity contribution in [3.05, 3.63) is 23.8 Å². The number of carbonyl (C=O) groups is 1. The molecule has 0 aliphatic rings. The molecular weight excluding hydrogens is 161 g/mol. The van der Waals surface area contributed by atoms with Crippen LogP contribution in [0.15, 0.2) is 18.2 Å². The molecule has 2 nitrogen and oxygen atoms in total. The van der Waals surface area contributed by atoms with Crippen molar-refractivity contribution in [1.82, 2.24) is 0 Å². The summed E-state index contributed by atoms with van der Waals surface area (Å²) < 4.78 is 0. The number of carbonyl (C=O) groups excluding carboxylic acids is 1. The molecule has 0 spiro atoms. The van der Waals surface area contributed by atoms with Crippen LogP contribution >= 0.6 is 0 Å². The summed E-state index contributed by atoms with van der Waals surface area (Å²) >= 11 is 0. The summed E-state index contributed by atoms with van der Waals surface area (Å²) in [6, 6.07) is 5.96. The van der Waals surface area contributed by atoms with Gasteiger partial charge >= 0.3 is 0 Å². The number of anilines is 1. The molecule has 0 aliphatic carbocycles. The molecule has 3 heteroatoms. The molecular formula is C10H13BNO. The van der Waals surface area contributed by atoms with Crippen molar-refractivity contribution in [3.8, 4) is 0 Å². The van der Waals surface area contributed by atoms with E-state index in [0.717, 1.165) is 23.0 Å². The van der Waals surface area contributed by atoms with E-state index in [0.29, 0.717) is 6.42 Å². The zero-order chi connectivity index (χ0) is 9.68. The highest BCUT2D eigenvalue weighted by Crippen LogP contribution is 2.11. The fourth-order valence-electron chi connectivity index (χ4n) is 1.43. The Morgan fingerprint density at radius 2 is 2.31 bits per heavy atom. The predicted octanol–water partition coefficient (Wildman–Crippen LogP) is 0.847. The summed E-state index contributed by atoms with van der Waals surface area (Å²) in [6.45, 7) is 1.99. The lowest BCUT2D eigenvalue weighted by atomic mass is 9.71. The Balaban J connectivity index is 3.10. The van der Waals surface area contributed by atoms with Gasteiger partial charge in [0.1, 0.15) is 6.29 Å². The number of hydrogen-bond donors (Lipinski definition) is 1. The normalized spacial score (nSPS) is 9.38. The molecule has 0 aliphatic heterocycles. The van der Waals surface area contributed by atoms with Crippen molar-refractivity contribution in [2.45, 2.75) is 13.2 Å². The number of hydrogen-bond acceptors (Lipinski definition) is 2. The summed E-state index contributed by atoms with van der Waals surface area (Å²) in [5.41, 5.74) is 3.24. The van der Waals surface area contributed by atoms with Crippen LogP contribution in [0.3, 0.4) is 0 Å². The zero-order valence-electron chi connectivity index (χ0n) is 8.00.